The van der Waals surface area contributed by atoms with Crippen molar-refractivity contribution in [3.05, 3.63) is 57.3 Å². The number of nitrogens with zero attached hydrogens (tertiary/aromatic N) is 2. The maximum absolute atomic E-state index is 12.7. The third-order valence-electron chi connectivity index (χ3n) is 4.61. The highest BCUT2D eigenvalue weighted by Crippen LogP contribution is 2.41. The zero-order valence-electron chi connectivity index (χ0n) is 13.6. The van der Waals surface area contributed by atoms with Gasteiger partial charge in [-0.3, -0.25) is 4.79 Å². The summed E-state index contributed by atoms with van der Waals surface area (Å²) < 4.78 is 7.49. The minimum atomic E-state index is -0.451. The van der Waals surface area contributed by atoms with Crippen LogP contribution in [-0.2, 0) is 9.53 Å². The molecule has 1 aromatic carbocycles. The van der Waals surface area contributed by atoms with E-state index in [1.54, 1.807) is 4.68 Å². The third kappa shape index (κ3) is 2.59. The number of benzene rings is 1. The van der Waals surface area contributed by atoms with Gasteiger partial charge in [0.25, 0.3) is 0 Å². The topological polar surface area (TPSA) is 73.2 Å². The fraction of sp³-hybridized carbons (Fsp3) is 0.278. The van der Waals surface area contributed by atoms with Crippen molar-refractivity contribution in [2.45, 2.75) is 25.3 Å². The van der Waals surface area contributed by atoms with Gasteiger partial charge in [-0.15, -0.1) is 0 Å². The second kappa shape index (κ2) is 6.15. The maximum Gasteiger partial charge on any atom is 0.343 e. The number of carbonyl (C=O) groups is 2. The fourth-order valence-corrected chi connectivity index (χ4v) is 3.92. The number of ketones is 1. The molecule has 1 atom stereocenters. The molecule has 4 rings (SSSR count). The zero-order valence-corrected chi connectivity index (χ0v) is 15.2. The quantitative estimate of drug-likeness (QED) is 0.779. The van der Waals surface area contributed by atoms with E-state index in [1.807, 2.05) is 24.3 Å². The lowest BCUT2D eigenvalue weighted by atomic mass is 9.85. The highest BCUT2D eigenvalue weighted by molar-refractivity contribution is 9.10. The zero-order chi connectivity index (χ0) is 17.6. The van der Waals surface area contributed by atoms with Crippen LogP contribution in [0, 0.1) is 0 Å². The summed E-state index contributed by atoms with van der Waals surface area (Å²) in [6.07, 6.45) is 3.60. The van der Waals surface area contributed by atoms with Gasteiger partial charge in [-0.2, -0.15) is 5.10 Å². The average Bonchev–Trinajstić information content (AvgIpc) is 3.03. The van der Waals surface area contributed by atoms with Gasteiger partial charge >= 0.3 is 5.97 Å². The van der Waals surface area contributed by atoms with Gasteiger partial charge in [-0.05, 0) is 30.5 Å². The number of nitrogens with one attached hydrogen (secondary N) is 1. The SMILES string of the molecule is COC(=O)c1cnn2c1NC1=C(C(=O)CCC1)[C@H]2c1cccc(Br)c1. The molecule has 2 heterocycles. The number of fused-ring (bicyclic) bond motifs is 1. The molecule has 0 bridgehead atoms. The Labute approximate surface area is 153 Å². The lowest BCUT2D eigenvalue weighted by Gasteiger charge is -2.33. The van der Waals surface area contributed by atoms with Crippen molar-refractivity contribution < 1.29 is 14.3 Å². The number of aromatic nitrogens is 2. The average molecular weight is 402 g/mol. The second-order valence-electron chi connectivity index (χ2n) is 6.09. The summed E-state index contributed by atoms with van der Waals surface area (Å²) in [4.78, 5) is 24.7. The van der Waals surface area contributed by atoms with E-state index in [-0.39, 0.29) is 11.8 Å². The summed E-state index contributed by atoms with van der Waals surface area (Å²) in [5, 5.41) is 7.64. The molecule has 0 unspecified atom stereocenters. The first-order valence-corrected chi connectivity index (χ1v) is 8.84. The Morgan fingerprint density at radius 1 is 1.40 bits per heavy atom. The molecule has 6 nitrogen and oxygen atoms in total. The van der Waals surface area contributed by atoms with Crippen LogP contribution in [0.5, 0.6) is 0 Å². The molecule has 7 heteroatoms. The van der Waals surface area contributed by atoms with Gasteiger partial charge in [0, 0.05) is 22.2 Å². The lowest BCUT2D eigenvalue weighted by Crippen LogP contribution is -2.31. The summed E-state index contributed by atoms with van der Waals surface area (Å²) in [6, 6.07) is 7.46. The van der Waals surface area contributed by atoms with E-state index in [4.69, 9.17) is 4.74 Å². The van der Waals surface area contributed by atoms with Crippen molar-refractivity contribution in [3.63, 3.8) is 0 Å². The molecule has 0 saturated heterocycles. The molecule has 1 aromatic heterocycles. The van der Waals surface area contributed by atoms with Crippen LogP contribution in [0.2, 0.25) is 0 Å². The molecule has 2 aromatic rings. The van der Waals surface area contributed by atoms with E-state index in [9.17, 15) is 9.59 Å². The monoisotopic (exact) mass is 401 g/mol. The Hall–Kier alpha value is -2.41. The number of hydrogen-bond acceptors (Lipinski definition) is 5. The number of halogens is 1. The van der Waals surface area contributed by atoms with E-state index in [0.717, 1.165) is 34.1 Å². The Balaban J connectivity index is 1.93. The highest BCUT2D eigenvalue weighted by atomic mass is 79.9. The van der Waals surface area contributed by atoms with Gasteiger partial charge in [-0.1, -0.05) is 28.1 Å². The molecule has 1 aliphatic heterocycles. The standard InChI is InChI=1S/C18H16BrN3O3/c1-25-18(24)12-9-20-22-16(10-4-2-5-11(19)8-10)15-13(21-17(12)22)6-3-7-14(15)23/h2,4-5,8-9,16,21H,3,6-7H2,1H3/t16-/m1/s1. The summed E-state index contributed by atoms with van der Waals surface area (Å²) >= 11 is 3.49. The number of methoxy groups -OCH3 is 1. The van der Waals surface area contributed by atoms with Gasteiger partial charge in [0.2, 0.25) is 0 Å². The van der Waals surface area contributed by atoms with E-state index in [1.165, 1.54) is 13.3 Å². The molecule has 0 spiro atoms. The van der Waals surface area contributed by atoms with Crippen molar-refractivity contribution >= 4 is 33.5 Å². The molecule has 0 radical (unpaired) electrons. The molecule has 128 valence electrons. The van der Waals surface area contributed by atoms with E-state index >= 15 is 0 Å². The van der Waals surface area contributed by atoms with Crippen molar-refractivity contribution in [2.75, 3.05) is 12.4 Å². The van der Waals surface area contributed by atoms with Crippen LogP contribution < -0.4 is 5.32 Å². The van der Waals surface area contributed by atoms with Crippen LogP contribution in [0.25, 0.3) is 0 Å². The van der Waals surface area contributed by atoms with Crippen molar-refractivity contribution in [1.29, 1.82) is 0 Å². The van der Waals surface area contributed by atoms with Crippen LogP contribution >= 0.6 is 15.9 Å². The number of anilines is 1. The molecule has 1 aliphatic carbocycles. The van der Waals surface area contributed by atoms with Crippen molar-refractivity contribution in [3.8, 4) is 0 Å². The van der Waals surface area contributed by atoms with Crippen molar-refractivity contribution in [2.24, 2.45) is 0 Å². The Bertz CT molecular complexity index is 916. The van der Waals surface area contributed by atoms with Gasteiger partial charge in [0.1, 0.15) is 17.4 Å². The van der Waals surface area contributed by atoms with E-state index in [0.29, 0.717) is 17.8 Å². The minimum Gasteiger partial charge on any atom is -0.465 e. The van der Waals surface area contributed by atoms with Crippen molar-refractivity contribution in [1.82, 2.24) is 9.78 Å². The molecule has 2 aliphatic rings. The molecular weight excluding hydrogens is 386 g/mol. The maximum atomic E-state index is 12.7. The Morgan fingerprint density at radius 3 is 3.00 bits per heavy atom. The third-order valence-corrected chi connectivity index (χ3v) is 5.10. The molecule has 0 amide bonds. The Morgan fingerprint density at radius 2 is 2.24 bits per heavy atom. The summed E-state index contributed by atoms with van der Waals surface area (Å²) in [6.45, 7) is 0. The van der Waals surface area contributed by atoms with Gasteiger partial charge in [-0.25, -0.2) is 9.48 Å². The van der Waals surface area contributed by atoms with Crippen LogP contribution in [0.4, 0.5) is 5.82 Å². The van der Waals surface area contributed by atoms with Crippen LogP contribution in [0.1, 0.15) is 41.2 Å². The first-order valence-electron chi connectivity index (χ1n) is 8.04. The van der Waals surface area contributed by atoms with Gasteiger partial charge < -0.3 is 10.1 Å². The summed E-state index contributed by atoms with van der Waals surface area (Å²) in [5.74, 6) is 0.248. The lowest BCUT2D eigenvalue weighted by molar-refractivity contribution is -0.116. The Kier molecular flexibility index (Phi) is 3.95. The predicted octanol–water partition coefficient (Wildman–Crippen LogP) is 3.45. The number of carbonyl (C=O) groups excluding carboxylic acids is 2. The van der Waals surface area contributed by atoms with Crippen LogP contribution in [0.3, 0.4) is 0 Å². The molecule has 0 fully saturated rings. The van der Waals surface area contributed by atoms with E-state index in [2.05, 4.69) is 26.3 Å². The van der Waals surface area contributed by atoms with E-state index < -0.39 is 5.97 Å². The van der Waals surface area contributed by atoms with Gasteiger partial charge in [0.05, 0.1) is 13.3 Å². The fourth-order valence-electron chi connectivity index (χ4n) is 3.50. The highest BCUT2D eigenvalue weighted by Gasteiger charge is 2.37. The first kappa shape index (κ1) is 16.1. The first-order chi connectivity index (χ1) is 12.1. The number of esters is 1. The minimum absolute atomic E-state index is 0.125. The molecule has 25 heavy (non-hydrogen) atoms. The smallest absolute Gasteiger partial charge is 0.343 e. The largest absolute Gasteiger partial charge is 0.465 e. The number of rotatable bonds is 2. The van der Waals surface area contributed by atoms with Crippen LogP contribution in [0.15, 0.2) is 46.2 Å². The summed E-state index contributed by atoms with van der Waals surface area (Å²) in [7, 11) is 1.34. The predicted molar refractivity (Wildman–Crippen MR) is 95.4 cm³/mol. The number of ether oxygens (including phenoxy) is 1. The molecule has 1 N–H and O–H groups in total. The second-order valence-corrected chi connectivity index (χ2v) is 7.01. The molecular formula is C18H16BrN3O3. The summed E-state index contributed by atoms with van der Waals surface area (Å²) in [5.41, 5.74) is 2.92. The van der Waals surface area contributed by atoms with Gasteiger partial charge in [0.15, 0.2) is 5.78 Å². The normalized spacial score (nSPS) is 19.1. The number of hydrogen-bond donors (Lipinski definition) is 1. The van der Waals surface area contributed by atoms with Crippen LogP contribution in [-0.4, -0.2) is 28.6 Å². The number of Topliss-reactive ketones (excluding diaryl/α,β-unsaturated/α-hetero) is 1. The number of allylic oxidation sites excluding steroid dienone is 2. The molecule has 0 saturated carbocycles.